The standard InChI is InChI=1S/C24H30F3N3O4/c1-16(29(2)15-17-5-7-19(32-3)14-22(17)33-4)23(31)28-20-13-18(24(25,26)27)6-8-21(20)30-9-11-34-12-10-30/h5-8,13-14,16H,9-12,15H2,1-4H3,(H,28,31). The van der Waals surface area contributed by atoms with Crippen LogP contribution < -0.4 is 19.7 Å². The molecule has 2 aromatic rings. The molecule has 1 saturated heterocycles. The van der Waals surface area contributed by atoms with Crippen molar-refractivity contribution >= 4 is 17.3 Å². The molecule has 2 aromatic carbocycles. The molecule has 186 valence electrons. The number of halogens is 3. The van der Waals surface area contributed by atoms with E-state index >= 15 is 0 Å². The van der Waals surface area contributed by atoms with Crippen LogP contribution >= 0.6 is 0 Å². The summed E-state index contributed by atoms with van der Waals surface area (Å²) in [6, 6.07) is 8.20. The quantitative estimate of drug-likeness (QED) is 0.615. The van der Waals surface area contributed by atoms with Gasteiger partial charge in [-0.25, -0.2) is 0 Å². The molecule has 0 aliphatic carbocycles. The Morgan fingerprint density at radius 3 is 2.47 bits per heavy atom. The van der Waals surface area contributed by atoms with Gasteiger partial charge in [0.15, 0.2) is 0 Å². The van der Waals surface area contributed by atoms with Crippen molar-refractivity contribution in [1.29, 1.82) is 0 Å². The van der Waals surface area contributed by atoms with Gasteiger partial charge in [-0.15, -0.1) is 0 Å². The van der Waals surface area contributed by atoms with Crippen LogP contribution in [0.3, 0.4) is 0 Å². The van der Waals surface area contributed by atoms with Gasteiger partial charge in [0.2, 0.25) is 5.91 Å². The molecule has 1 N–H and O–H groups in total. The van der Waals surface area contributed by atoms with E-state index in [1.54, 1.807) is 45.2 Å². The van der Waals surface area contributed by atoms with E-state index in [0.717, 1.165) is 17.7 Å². The van der Waals surface area contributed by atoms with Crippen LogP contribution in [0.1, 0.15) is 18.1 Å². The van der Waals surface area contributed by atoms with Crippen molar-refractivity contribution < 1.29 is 32.2 Å². The van der Waals surface area contributed by atoms with Gasteiger partial charge in [-0.05, 0) is 38.2 Å². The maximum absolute atomic E-state index is 13.4. The molecule has 1 atom stereocenters. The van der Waals surface area contributed by atoms with E-state index in [0.29, 0.717) is 50.0 Å². The number of amides is 1. The fourth-order valence-corrected chi connectivity index (χ4v) is 3.72. The molecule has 3 rings (SSSR count). The van der Waals surface area contributed by atoms with Crippen LogP contribution in [-0.2, 0) is 22.3 Å². The number of hydrogen-bond acceptors (Lipinski definition) is 6. The van der Waals surface area contributed by atoms with Crippen LogP contribution in [0.15, 0.2) is 36.4 Å². The highest BCUT2D eigenvalue weighted by molar-refractivity contribution is 5.97. The summed E-state index contributed by atoms with van der Waals surface area (Å²) >= 11 is 0. The number of carbonyl (C=O) groups excluding carboxylic acids is 1. The Hall–Kier alpha value is -2.98. The largest absolute Gasteiger partial charge is 0.497 e. The van der Waals surface area contributed by atoms with E-state index in [9.17, 15) is 18.0 Å². The van der Waals surface area contributed by atoms with Gasteiger partial charge in [0.05, 0.1) is 50.4 Å². The van der Waals surface area contributed by atoms with E-state index in [2.05, 4.69) is 5.32 Å². The Morgan fingerprint density at radius 1 is 1.15 bits per heavy atom. The fraction of sp³-hybridized carbons (Fsp3) is 0.458. The van der Waals surface area contributed by atoms with Crippen molar-refractivity contribution in [3.05, 3.63) is 47.5 Å². The summed E-state index contributed by atoms with van der Waals surface area (Å²) in [5, 5.41) is 2.72. The molecule has 7 nitrogen and oxygen atoms in total. The highest BCUT2D eigenvalue weighted by atomic mass is 19.4. The third-order valence-electron chi connectivity index (χ3n) is 5.89. The summed E-state index contributed by atoms with van der Waals surface area (Å²) < 4.78 is 56.1. The maximum atomic E-state index is 13.4. The van der Waals surface area contributed by atoms with Crippen LogP contribution in [-0.4, -0.2) is 64.4 Å². The summed E-state index contributed by atoms with van der Waals surface area (Å²) in [6.07, 6.45) is -4.52. The second-order valence-electron chi connectivity index (χ2n) is 8.09. The van der Waals surface area contributed by atoms with E-state index in [-0.39, 0.29) is 5.69 Å². The zero-order valence-electron chi connectivity index (χ0n) is 19.7. The zero-order chi connectivity index (χ0) is 24.9. The van der Waals surface area contributed by atoms with Gasteiger partial charge < -0.3 is 24.4 Å². The summed E-state index contributed by atoms with van der Waals surface area (Å²) in [4.78, 5) is 16.8. The number of alkyl halides is 3. The molecule has 1 unspecified atom stereocenters. The maximum Gasteiger partial charge on any atom is 0.416 e. The molecule has 0 spiro atoms. The smallest absolute Gasteiger partial charge is 0.416 e. The highest BCUT2D eigenvalue weighted by Gasteiger charge is 2.32. The SMILES string of the molecule is COc1ccc(CN(C)C(C)C(=O)Nc2cc(C(F)(F)F)ccc2N2CCOCC2)c(OC)c1. The van der Waals surface area contributed by atoms with Gasteiger partial charge in [-0.1, -0.05) is 6.07 Å². The Morgan fingerprint density at radius 2 is 1.85 bits per heavy atom. The van der Waals surface area contributed by atoms with Crippen LogP contribution in [0.4, 0.5) is 24.5 Å². The monoisotopic (exact) mass is 481 g/mol. The summed E-state index contributed by atoms with van der Waals surface area (Å²) in [7, 11) is 4.88. The minimum atomic E-state index is -4.52. The number of methoxy groups -OCH3 is 2. The van der Waals surface area contributed by atoms with Crippen molar-refractivity contribution in [2.45, 2.75) is 25.7 Å². The van der Waals surface area contributed by atoms with Gasteiger partial charge in [0, 0.05) is 31.3 Å². The molecular weight excluding hydrogens is 451 g/mol. The summed E-state index contributed by atoms with van der Waals surface area (Å²) in [5.74, 6) is 0.851. The number of nitrogens with one attached hydrogen (secondary N) is 1. The molecule has 10 heteroatoms. The van der Waals surface area contributed by atoms with E-state index in [1.807, 2.05) is 11.0 Å². The number of hydrogen-bond donors (Lipinski definition) is 1. The molecular formula is C24H30F3N3O4. The molecule has 1 aliphatic heterocycles. The molecule has 1 amide bonds. The number of rotatable bonds is 8. The highest BCUT2D eigenvalue weighted by Crippen LogP contribution is 2.36. The second-order valence-corrected chi connectivity index (χ2v) is 8.09. The number of nitrogens with zero attached hydrogens (tertiary/aromatic N) is 2. The summed E-state index contributed by atoms with van der Waals surface area (Å²) in [6.45, 7) is 4.09. The van der Waals surface area contributed by atoms with Gasteiger partial charge in [0.25, 0.3) is 0 Å². The first kappa shape index (κ1) is 25.6. The molecule has 0 radical (unpaired) electrons. The van der Waals surface area contributed by atoms with Crippen LogP contribution in [0.2, 0.25) is 0 Å². The minimum Gasteiger partial charge on any atom is -0.497 e. The lowest BCUT2D eigenvalue weighted by Crippen LogP contribution is -2.40. The van der Waals surface area contributed by atoms with Gasteiger partial charge in [-0.2, -0.15) is 13.2 Å². The number of anilines is 2. The molecule has 1 aliphatic rings. The Balaban J connectivity index is 1.79. The number of benzene rings is 2. The lowest BCUT2D eigenvalue weighted by Gasteiger charge is -2.31. The van der Waals surface area contributed by atoms with Crippen molar-refractivity contribution in [3.63, 3.8) is 0 Å². The molecule has 0 bridgehead atoms. The Bertz CT molecular complexity index is 994. The van der Waals surface area contributed by atoms with E-state index < -0.39 is 23.7 Å². The third-order valence-corrected chi connectivity index (χ3v) is 5.89. The predicted octanol–water partition coefficient (Wildman–Crippen LogP) is 4.02. The number of ether oxygens (including phenoxy) is 3. The van der Waals surface area contributed by atoms with Crippen LogP contribution in [0.5, 0.6) is 11.5 Å². The Labute approximate surface area is 197 Å². The molecule has 1 heterocycles. The lowest BCUT2D eigenvalue weighted by atomic mass is 10.1. The second kappa shape index (κ2) is 11.0. The van der Waals surface area contributed by atoms with Gasteiger partial charge in [-0.3, -0.25) is 9.69 Å². The van der Waals surface area contributed by atoms with Crippen LogP contribution in [0, 0.1) is 0 Å². The van der Waals surface area contributed by atoms with Crippen molar-refractivity contribution in [1.82, 2.24) is 4.90 Å². The zero-order valence-corrected chi connectivity index (χ0v) is 19.7. The number of carbonyl (C=O) groups is 1. The van der Waals surface area contributed by atoms with Crippen molar-refractivity contribution in [2.24, 2.45) is 0 Å². The van der Waals surface area contributed by atoms with Crippen molar-refractivity contribution in [2.75, 3.05) is 57.8 Å². The lowest BCUT2D eigenvalue weighted by molar-refractivity contribution is -0.137. The minimum absolute atomic E-state index is 0.129. The fourth-order valence-electron chi connectivity index (χ4n) is 3.72. The summed E-state index contributed by atoms with van der Waals surface area (Å²) in [5.41, 5.74) is 0.697. The average Bonchev–Trinajstić information content (AvgIpc) is 2.83. The number of likely N-dealkylation sites (N-methyl/N-ethyl adjacent to an activating group) is 1. The van der Waals surface area contributed by atoms with Crippen molar-refractivity contribution in [3.8, 4) is 11.5 Å². The normalized spacial score (nSPS) is 15.2. The first-order valence-electron chi connectivity index (χ1n) is 10.9. The van der Waals surface area contributed by atoms with E-state index in [1.165, 1.54) is 6.07 Å². The first-order valence-corrected chi connectivity index (χ1v) is 10.9. The third kappa shape index (κ3) is 6.12. The topological polar surface area (TPSA) is 63.3 Å². The average molecular weight is 482 g/mol. The first-order chi connectivity index (χ1) is 16.1. The number of morpholine rings is 1. The van der Waals surface area contributed by atoms with Gasteiger partial charge in [0.1, 0.15) is 11.5 Å². The molecule has 0 saturated carbocycles. The van der Waals surface area contributed by atoms with Gasteiger partial charge >= 0.3 is 6.18 Å². The van der Waals surface area contributed by atoms with Crippen LogP contribution in [0.25, 0.3) is 0 Å². The molecule has 1 fully saturated rings. The predicted molar refractivity (Wildman–Crippen MR) is 124 cm³/mol. The molecule has 0 aromatic heterocycles. The van der Waals surface area contributed by atoms with E-state index in [4.69, 9.17) is 14.2 Å². The Kier molecular flexibility index (Phi) is 8.27. The molecule has 34 heavy (non-hydrogen) atoms.